The molecule has 3 rings (SSSR count). The van der Waals surface area contributed by atoms with Gasteiger partial charge >= 0.3 is 0 Å². The fourth-order valence-electron chi connectivity index (χ4n) is 2.04. The van der Waals surface area contributed by atoms with E-state index in [4.69, 9.17) is 5.73 Å². The van der Waals surface area contributed by atoms with Crippen molar-refractivity contribution in [2.24, 2.45) is 5.73 Å². The Labute approximate surface area is 104 Å². The van der Waals surface area contributed by atoms with E-state index >= 15 is 0 Å². The molecule has 0 saturated heterocycles. The first-order chi connectivity index (χ1) is 8.36. The normalized spacial score (nSPS) is 12.8. The number of nitrogens with zero attached hydrogens (tertiary/aromatic N) is 1. The lowest BCUT2D eigenvalue weighted by atomic mass is 10.00. The second-order valence-electron chi connectivity index (χ2n) is 3.92. The highest BCUT2D eigenvalue weighted by Gasteiger charge is 2.13. The van der Waals surface area contributed by atoms with Crippen molar-refractivity contribution in [1.82, 2.24) is 4.98 Å². The van der Waals surface area contributed by atoms with Gasteiger partial charge in [-0.05, 0) is 16.3 Å². The van der Waals surface area contributed by atoms with Gasteiger partial charge in [0, 0.05) is 11.6 Å². The van der Waals surface area contributed by atoms with Gasteiger partial charge < -0.3 is 5.73 Å². The minimum atomic E-state index is -0.138. The molecule has 2 N–H and O–H groups in total. The van der Waals surface area contributed by atoms with E-state index in [2.05, 4.69) is 29.2 Å². The van der Waals surface area contributed by atoms with Gasteiger partial charge in [0.05, 0.1) is 6.04 Å². The van der Waals surface area contributed by atoms with Gasteiger partial charge in [0.15, 0.2) is 0 Å². The van der Waals surface area contributed by atoms with E-state index in [0.29, 0.717) is 0 Å². The molecule has 1 heterocycles. The number of aromatic nitrogens is 1. The Morgan fingerprint density at radius 2 is 1.88 bits per heavy atom. The van der Waals surface area contributed by atoms with Crippen LogP contribution in [0.4, 0.5) is 0 Å². The average Bonchev–Trinajstić information content (AvgIpc) is 2.91. The summed E-state index contributed by atoms with van der Waals surface area (Å²) in [5.41, 5.74) is 7.41. The molecular formula is C14H12N2S. The lowest BCUT2D eigenvalue weighted by Crippen LogP contribution is -2.11. The molecule has 2 nitrogen and oxygen atoms in total. The summed E-state index contributed by atoms with van der Waals surface area (Å²) in [7, 11) is 0. The first kappa shape index (κ1) is 10.4. The standard InChI is InChI=1S/C14H12N2S/c15-13(14-16-8-9-17-14)12-7-3-5-10-4-1-2-6-11(10)12/h1-9,13H,15H2. The highest BCUT2D eigenvalue weighted by atomic mass is 32.1. The van der Waals surface area contributed by atoms with Crippen molar-refractivity contribution in [1.29, 1.82) is 0 Å². The van der Waals surface area contributed by atoms with Crippen molar-refractivity contribution in [3.8, 4) is 0 Å². The van der Waals surface area contributed by atoms with E-state index in [1.165, 1.54) is 10.8 Å². The first-order valence-electron chi connectivity index (χ1n) is 5.49. The average molecular weight is 240 g/mol. The maximum absolute atomic E-state index is 6.27. The summed E-state index contributed by atoms with van der Waals surface area (Å²) in [6.45, 7) is 0. The van der Waals surface area contributed by atoms with Crippen LogP contribution in [0.2, 0.25) is 0 Å². The molecule has 0 amide bonds. The highest BCUT2D eigenvalue weighted by Crippen LogP contribution is 2.27. The molecule has 2 aromatic carbocycles. The van der Waals surface area contributed by atoms with Gasteiger partial charge in [-0.3, -0.25) is 0 Å². The van der Waals surface area contributed by atoms with Crippen molar-refractivity contribution >= 4 is 22.1 Å². The molecular weight excluding hydrogens is 228 g/mol. The Morgan fingerprint density at radius 3 is 2.71 bits per heavy atom. The van der Waals surface area contributed by atoms with Crippen LogP contribution in [0, 0.1) is 0 Å². The number of thiazole rings is 1. The van der Waals surface area contributed by atoms with Gasteiger partial charge in [0.25, 0.3) is 0 Å². The summed E-state index contributed by atoms with van der Waals surface area (Å²) in [6, 6.07) is 14.4. The highest BCUT2D eigenvalue weighted by molar-refractivity contribution is 7.09. The topological polar surface area (TPSA) is 38.9 Å². The van der Waals surface area contributed by atoms with E-state index in [1.807, 2.05) is 23.6 Å². The minimum absolute atomic E-state index is 0.138. The Kier molecular flexibility index (Phi) is 2.63. The largest absolute Gasteiger partial charge is 0.318 e. The van der Waals surface area contributed by atoms with Crippen LogP contribution in [0.5, 0.6) is 0 Å². The molecule has 1 atom stereocenters. The van der Waals surface area contributed by atoms with E-state index in [0.717, 1.165) is 10.6 Å². The number of hydrogen-bond acceptors (Lipinski definition) is 3. The number of nitrogens with two attached hydrogens (primary N) is 1. The maximum atomic E-state index is 6.27. The summed E-state index contributed by atoms with van der Waals surface area (Å²) in [5.74, 6) is 0. The Balaban J connectivity index is 2.17. The van der Waals surface area contributed by atoms with Gasteiger partial charge in [0.2, 0.25) is 0 Å². The number of rotatable bonds is 2. The van der Waals surface area contributed by atoms with E-state index in [-0.39, 0.29) is 6.04 Å². The second kappa shape index (κ2) is 4.28. The molecule has 0 spiro atoms. The van der Waals surface area contributed by atoms with Crippen LogP contribution >= 0.6 is 11.3 Å². The molecule has 0 aliphatic rings. The first-order valence-corrected chi connectivity index (χ1v) is 6.37. The molecule has 0 bridgehead atoms. The van der Waals surface area contributed by atoms with Crippen LogP contribution in [-0.4, -0.2) is 4.98 Å². The number of hydrogen-bond donors (Lipinski definition) is 1. The third-order valence-corrected chi connectivity index (χ3v) is 3.73. The van der Waals surface area contributed by atoms with Gasteiger partial charge in [-0.15, -0.1) is 11.3 Å². The molecule has 0 aliphatic carbocycles. The predicted molar refractivity (Wildman–Crippen MR) is 72.1 cm³/mol. The van der Waals surface area contributed by atoms with Crippen molar-refractivity contribution in [3.05, 3.63) is 64.6 Å². The lowest BCUT2D eigenvalue weighted by Gasteiger charge is -2.12. The van der Waals surface area contributed by atoms with Crippen molar-refractivity contribution in [2.75, 3.05) is 0 Å². The van der Waals surface area contributed by atoms with Crippen LogP contribution in [0.25, 0.3) is 10.8 Å². The summed E-state index contributed by atoms with van der Waals surface area (Å²) >= 11 is 1.60. The van der Waals surface area contributed by atoms with Gasteiger partial charge in [0.1, 0.15) is 5.01 Å². The molecule has 0 saturated carbocycles. The summed E-state index contributed by atoms with van der Waals surface area (Å²) in [6.07, 6.45) is 1.80. The molecule has 0 aliphatic heterocycles. The van der Waals surface area contributed by atoms with E-state index in [9.17, 15) is 0 Å². The molecule has 3 heteroatoms. The maximum Gasteiger partial charge on any atom is 0.114 e. The molecule has 1 unspecified atom stereocenters. The zero-order valence-electron chi connectivity index (χ0n) is 9.21. The molecule has 17 heavy (non-hydrogen) atoms. The van der Waals surface area contributed by atoms with Crippen molar-refractivity contribution in [2.45, 2.75) is 6.04 Å². The molecule has 0 radical (unpaired) electrons. The van der Waals surface area contributed by atoms with E-state index < -0.39 is 0 Å². The van der Waals surface area contributed by atoms with Crippen LogP contribution in [0.1, 0.15) is 16.6 Å². The number of benzene rings is 2. The van der Waals surface area contributed by atoms with Crippen molar-refractivity contribution in [3.63, 3.8) is 0 Å². The third-order valence-electron chi connectivity index (χ3n) is 2.88. The Bertz CT molecular complexity index is 626. The predicted octanol–water partition coefficient (Wildman–Crippen LogP) is 3.34. The van der Waals surface area contributed by atoms with Gasteiger partial charge in [-0.1, -0.05) is 42.5 Å². The third kappa shape index (κ3) is 1.84. The lowest BCUT2D eigenvalue weighted by molar-refractivity contribution is 0.866. The SMILES string of the molecule is NC(c1nccs1)c1cccc2ccccc12. The zero-order valence-corrected chi connectivity index (χ0v) is 10.0. The summed E-state index contributed by atoms with van der Waals surface area (Å²) < 4.78 is 0. The minimum Gasteiger partial charge on any atom is -0.318 e. The molecule has 1 aromatic heterocycles. The monoisotopic (exact) mass is 240 g/mol. The van der Waals surface area contributed by atoms with Crippen LogP contribution in [-0.2, 0) is 0 Å². The quantitative estimate of drug-likeness (QED) is 0.746. The van der Waals surface area contributed by atoms with Crippen LogP contribution in [0.15, 0.2) is 54.0 Å². The van der Waals surface area contributed by atoms with E-state index in [1.54, 1.807) is 17.5 Å². The molecule has 3 aromatic rings. The smallest absolute Gasteiger partial charge is 0.114 e. The van der Waals surface area contributed by atoms with Gasteiger partial charge in [-0.2, -0.15) is 0 Å². The Morgan fingerprint density at radius 1 is 1.06 bits per heavy atom. The summed E-state index contributed by atoms with van der Waals surface area (Å²) in [4.78, 5) is 4.29. The summed E-state index contributed by atoms with van der Waals surface area (Å²) in [5, 5.41) is 5.34. The van der Waals surface area contributed by atoms with Crippen LogP contribution < -0.4 is 5.73 Å². The van der Waals surface area contributed by atoms with Crippen molar-refractivity contribution < 1.29 is 0 Å². The zero-order chi connectivity index (χ0) is 11.7. The Hall–Kier alpha value is -1.71. The van der Waals surface area contributed by atoms with Crippen LogP contribution in [0.3, 0.4) is 0 Å². The molecule has 84 valence electrons. The fourth-order valence-corrected chi connectivity index (χ4v) is 2.70. The number of fused-ring (bicyclic) bond motifs is 1. The fraction of sp³-hybridized carbons (Fsp3) is 0.0714. The second-order valence-corrected chi connectivity index (χ2v) is 4.84. The van der Waals surface area contributed by atoms with Gasteiger partial charge in [-0.25, -0.2) is 4.98 Å². The molecule has 0 fully saturated rings.